The van der Waals surface area contributed by atoms with Crippen molar-refractivity contribution in [2.24, 2.45) is 0 Å². The van der Waals surface area contributed by atoms with Crippen molar-refractivity contribution in [2.75, 3.05) is 4.90 Å². The summed E-state index contributed by atoms with van der Waals surface area (Å²) in [6.07, 6.45) is 2.23. The predicted octanol–water partition coefficient (Wildman–Crippen LogP) is 2.85. The van der Waals surface area contributed by atoms with Crippen LogP contribution in [-0.2, 0) is 20.8 Å². The third kappa shape index (κ3) is 2.63. The molecular formula is C16H13ClFNO4. The highest BCUT2D eigenvalue weighted by atomic mass is 35.5. The second kappa shape index (κ2) is 5.77. The normalized spacial score (nSPS) is 17.7. The minimum atomic E-state index is -1.14. The number of carboxylic acids is 1. The molecule has 2 amide bonds. The number of amides is 2. The first kappa shape index (κ1) is 15.7. The molecule has 0 fully saturated rings. The minimum Gasteiger partial charge on any atom is -0.481 e. The molecule has 0 spiro atoms. The average molecular weight is 338 g/mol. The molecule has 3 rings (SSSR count). The maximum atomic E-state index is 14.2. The molecule has 1 aliphatic carbocycles. The molecule has 120 valence electrons. The molecule has 5 nitrogen and oxygen atoms in total. The van der Waals surface area contributed by atoms with Crippen LogP contribution >= 0.6 is 11.6 Å². The van der Waals surface area contributed by atoms with Crippen LogP contribution in [0.25, 0.3) is 0 Å². The zero-order valence-electron chi connectivity index (χ0n) is 12.1. The number of anilines is 1. The lowest BCUT2D eigenvalue weighted by molar-refractivity contribution is -0.136. The van der Waals surface area contributed by atoms with Gasteiger partial charge >= 0.3 is 5.97 Å². The molecule has 2 aliphatic rings. The van der Waals surface area contributed by atoms with Gasteiger partial charge in [-0.3, -0.25) is 14.4 Å². The van der Waals surface area contributed by atoms with Gasteiger partial charge in [-0.2, -0.15) is 0 Å². The Hall–Kier alpha value is -2.21. The van der Waals surface area contributed by atoms with Gasteiger partial charge in [-0.25, -0.2) is 9.29 Å². The van der Waals surface area contributed by atoms with Crippen molar-refractivity contribution in [1.82, 2.24) is 0 Å². The topological polar surface area (TPSA) is 74.7 Å². The number of benzene rings is 1. The Kier molecular flexibility index (Phi) is 3.93. The Bertz CT molecular complexity index is 744. The van der Waals surface area contributed by atoms with E-state index in [4.69, 9.17) is 16.7 Å². The second-order valence-electron chi connectivity index (χ2n) is 5.58. The number of carbonyl (C=O) groups is 3. The molecule has 23 heavy (non-hydrogen) atoms. The summed E-state index contributed by atoms with van der Waals surface area (Å²) in [6.45, 7) is 0. The number of rotatable bonds is 3. The summed E-state index contributed by atoms with van der Waals surface area (Å²) in [5.41, 5.74) is 0.793. The fourth-order valence-corrected chi connectivity index (χ4v) is 3.23. The van der Waals surface area contributed by atoms with Gasteiger partial charge in [0.05, 0.1) is 12.1 Å². The van der Waals surface area contributed by atoms with E-state index in [0.717, 1.165) is 23.8 Å². The minimum absolute atomic E-state index is 0.0505. The Morgan fingerprint density at radius 1 is 1.17 bits per heavy atom. The van der Waals surface area contributed by atoms with Crippen LogP contribution in [0.3, 0.4) is 0 Å². The fraction of sp³-hybridized carbons (Fsp3) is 0.312. The van der Waals surface area contributed by atoms with Crippen LogP contribution < -0.4 is 4.90 Å². The molecule has 1 N–H and O–H groups in total. The van der Waals surface area contributed by atoms with Crippen LogP contribution in [-0.4, -0.2) is 22.9 Å². The van der Waals surface area contributed by atoms with Gasteiger partial charge in [0.1, 0.15) is 5.82 Å². The van der Waals surface area contributed by atoms with Crippen LogP contribution in [0.1, 0.15) is 31.2 Å². The SMILES string of the molecule is O=C(O)Cc1cc(N2C(=O)C3=C(CCCC3)C2=O)c(F)cc1Cl. The molecular weight excluding hydrogens is 325 g/mol. The molecule has 0 radical (unpaired) electrons. The lowest BCUT2D eigenvalue weighted by Crippen LogP contribution is -2.32. The standard InChI is InChI=1S/C16H13ClFNO4/c17-11-7-12(18)13(5-8(11)6-14(20)21)19-15(22)9-3-1-2-4-10(9)16(19)23/h5,7H,1-4,6H2,(H,20,21). The number of carboxylic acid groups (broad SMARTS) is 1. The monoisotopic (exact) mass is 337 g/mol. The van der Waals surface area contributed by atoms with Gasteiger partial charge in [0, 0.05) is 16.2 Å². The van der Waals surface area contributed by atoms with Crippen molar-refractivity contribution < 1.29 is 23.9 Å². The largest absolute Gasteiger partial charge is 0.481 e. The molecule has 0 saturated heterocycles. The van der Waals surface area contributed by atoms with Gasteiger partial charge < -0.3 is 5.11 Å². The van der Waals surface area contributed by atoms with Gasteiger partial charge in [0.2, 0.25) is 0 Å². The van der Waals surface area contributed by atoms with E-state index < -0.39 is 30.0 Å². The van der Waals surface area contributed by atoms with E-state index in [9.17, 15) is 18.8 Å². The first-order chi connectivity index (χ1) is 10.9. The van der Waals surface area contributed by atoms with Crippen LogP contribution in [0.2, 0.25) is 5.02 Å². The molecule has 0 saturated carbocycles. The van der Waals surface area contributed by atoms with Crippen molar-refractivity contribution in [2.45, 2.75) is 32.1 Å². The Balaban J connectivity index is 2.04. The van der Waals surface area contributed by atoms with Gasteiger partial charge in [0.25, 0.3) is 11.8 Å². The number of hydrogen-bond acceptors (Lipinski definition) is 3. The number of halogens is 2. The maximum absolute atomic E-state index is 14.2. The van der Waals surface area contributed by atoms with Gasteiger partial charge in [-0.15, -0.1) is 0 Å². The van der Waals surface area contributed by atoms with E-state index in [0.29, 0.717) is 24.0 Å². The Morgan fingerprint density at radius 2 is 1.74 bits per heavy atom. The lowest BCUT2D eigenvalue weighted by atomic mass is 9.93. The predicted molar refractivity (Wildman–Crippen MR) is 80.7 cm³/mol. The summed E-state index contributed by atoms with van der Waals surface area (Å²) in [4.78, 5) is 36.6. The zero-order valence-corrected chi connectivity index (χ0v) is 12.8. The number of imide groups is 1. The first-order valence-corrected chi connectivity index (χ1v) is 7.58. The quantitative estimate of drug-likeness (QED) is 0.861. The van der Waals surface area contributed by atoms with E-state index in [1.807, 2.05) is 0 Å². The molecule has 1 heterocycles. The molecule has 1 aromatic carbocycles. The van der Waals surface area contributed by atoms with Crippen molar-refractivity contribution in [3.8, 4) is 0 Å². The molecule has 1 aliphatic heterocycles. The highest BCUT2D eigenvalue weighted by Crippen LogP contribution is 2.37. The van der Waals surface area contributed by atoms with Crippen molar-refractivity contribution in [3.05, 3.63) is 39.7 Å². The molecule has 0 unspecified atom stereocenters. The van der Waals surface area contributed by atoms with E-state index in [2.05, 4.69) is 0 Å². The van der Waals surface area contributed by atoms with E-state index in [-0.39, 0.29) is 16.3 Å². The zero-order chi connectivity index (χ0) is 16.7. The highest BCUT2D eigenvalue weighted by Gasteiger charge is 2.40. The van der Waals surface area contributed by atoms with Gasteiger partial charge in [-0.05, 0) is 43.4 Å². The van der Waals surface area contributed by atoms with Crippen LogP contribution in [0.15, 0.2) is 23.3 Å². The molecule has 0 bridgehead atoms. The van der Waals surface area contributed by atoms with Crippen molar-refractivity contribution in [1.29, 1.82) is 0 Å². The number of carbonyl (C=O) groups excluding carboxylic acids is 2. The van der Waals surface area contributed by atoms with Crippen molar-refractivity contribution in [3.63, 3.8) is 0 Å². The Labute approximate surface area is 136 Å². The summed E-state index contributed by atoms with van der Waals surface area (Å²) in [7, 11) is 0. The van der Waals surface area contributed by atoms with E-state index >= 15 is 0 Å². The van der Waals surface area contributed by atoms with Gasteiger partial charge in [0.15, 0.2) is 0 Å². The van der Waals surface area contributed by atoms with Gasteiger partial charge in [-0.1, -0.05) is 11.6 Å². The maximum Gasteiger partial charge on any atom is 0.307 e. The molecule has 1 aromatic rings. The summed E-state index contributed by atoms with van der Waals surface area (Å²) in [5, 5.41) is 8.83. The second-order valence-corrected chi connectivity index (χ2v) is 5.98. The smallest absolute Gasteiger partial charge is 0.307 e. The fourth-order valence-electron chi connectivity index (χ4n) is 3.01. The number of aliphatic carboxylic acids is 1. The summed E-state index contributed by atoms with van der Waals surface area (Å²) < 4.78 is 14.2. The number of nitrogens with zero attached hydrogens (tertiary/aromatic N) is 1. The average Bonchev–Trinajstić information content (AvgIpc) is 2.74. The lowest BCUT2D eigenvalue weighted by Gasteiger charge is -2.17. The third-order valence-corrected chi connectivity index (χ3v) is 4.44. The van der Waals surface area contributed by atoms with E-state index in [1.165, 1.54) is 6.07 Å². The highest BCUT2D eigenvalue weighted by molar-refractivity contribution is 6.34. The third-order valence-electron chi connectivity index (χ3n) is 4.09. The first-order valence-electron chi connectivity index (χ1n) is 7.20. The Morgan fingerprint density at radius 3 is 2.26 bits per heavy atom. The summed E-state index contributed by atoms with van der Waals surface area (Å²) >= 11 is 5.84. The van der Waals surface area contributed by atoms with Crippen LogP contribution in [0.4, 0.5) is 10.1 Å². The molecule has 7 heteroatoms. The number of hydrogen-bond donors (Lipinski definition) is 1. The summed E-state index contributed by atoms with van der Waals surface area (Å²) in [6, 6.07) is 2.10. The van der Waals surface area contributed by atoms with E-state index in [1.54, 1.807) is 0 Å². The van der Waals surface area contributed by atoms with Crippen LogP contribution in [0.5, 0.6) is 0 Å². The molecule has 0 atom stereocenters. The van der Waals surface area contributed by atoms with Crippen LogP contribution in [0, 0.1) is 5.82 Å². The van der Waals surface area contributed by atoms with Crippen molar-refractivity contribution >= 4 is 35.1 Å². The summed E-state index contributed by atoms with van der Waals surface area (Å²) in [5.74, 6) is -3.01. The molecule has 0 aromatic heterocycles.